The van der Waals surface area contributed by atoms with Gasteiger partial charge in [0.2, 0.25) is 5.89 Å². The normalized spacial score (nSPS) is 19.0. The highest BCUT2D eigenvalue weighted by molar-refractivity contribution is 5.72. The number of oxazole rings is 1. The van der Waals surface area contributed by atoms with Crippen molar-refractivity contribution >= 4 is 11.1 Å². The lowest BCUT2D eigenvalue weighted by atomic mass is 10.2. The van der Waals surface area contributed by atoms with Crippen molar-refractivity contribution < 1.29 is 4.42 Å². The van der Waals surface area contributed by atoms with Crippen LogP contribution in [0.2, 0.25) is 0 Å². The molecule has 1 atom stereocenters. The molecule has 3 heterocycles. The summed E-state index contributed by atoms with van der Waals surface area (Å²) in [6.45, 7) is 7.00. The molecule has 0 bridgehead atoms. The minimum absolute atomic E-state index is 0.503. The molecule has 2 aromatic heterocycles. The Morgan fingerprint density at radius 2 is 2.13 bits per heavy atom. The van der Waals surface area contributed by atoms with Crippen LogP contribution < -0.4 is 0 Å². The fraction of sp³-hybridized carbons (Fsp3) is 0.444. The number of fused-ring (bicyclic) bond motifs is 1. The van der Waals surface area contributed by atoms with E-state index in [1.54, 1.807) is 0 Å². The van der Waals surface area contributed by atoms with Gasteiger partial charge < -0.3 is 4.42 Å². The smallest absolute Gasteiger partial charge is 0.209 e. The lowest BCUT2D eigenvalue weighted by Gasteiger charge is -2.23. The second-order valence-electron chi connectivity index (χ2n) is 6.45. The molecule has 1 fully saturated rings. The van der Waals surface area contributed by atoms with Gasteiger partial charge in [-0.2, -0.15) is 5.10 Å². The molecule has 3 aromatic rings. The fourth-order valence-corrected chi connectivity index (χ4v) is 3.53. The maximum absolute atomic E-state index is 5.88. The van der Waals surface area contributed by atoms with Gasteiger partial charge in [0.05, 0.1) is 18.8 Å². The van der Waals surface area contributed by atoms with E-state index in [1.165, 1.54) is 18.5 Å². The van der Waals surface area contributed by atoms with Crippen LogP contribution in [-0.2, 0) is 13.1 Å². The summed E-state index contributed by atoms with van der Waals surface area (Å²) in [6.07, 6.45) is 2.43. The number of rotatable bonds is 4. The number of aryl methyl sites for hydroxylation is 2. The second-order valence-corrected chi connectivity index (χ2v) is 6.45. The monoisotopic (exact) mass is 310 g/mol. The standard InChI is InChI=1S/C18H22N4O/c1-13-10-14(2)22(20-13)11-15-6-5-9-21(15)12-18-19-16-7-3-4-8-17(16)23-18/h3-4,7-8,10,15H,5-6,9,11-12H2,1-2H3/t15-/m0/s1. The first-order chi connectivity index (χ1) is 11.2. The average Bonchev–Trinajstić information content (AvgIpc) is 3.20. The Morgan fingerprint density at radius 1 is 1.26 bits per heavy atom. The Morgan fingerprint density at radius 3 is 2.91 bits per heavy atom. The van der Waals surface area contributed by atoms with Crippen LogP contribution in [0.25, 0.3) is 11.1 Å². The number of nitrogens with zero attached hydrogens (tertiary/aromatic N) is 4. The van der Waals surface area contributed by atoms with Gasteiger partial charge in [0, 0.05) is 11.7 Å². The molecule has 5 heteroatoms. The number of para-hydroxylation sites is 2. The average molecular weight is 310 g/mol. The molecule has 0 unspecified atom stereocenters. The van der Waals surface area contributed by atoms with Crippen molar-refractivity contribution in [3.8, 4) is 0 Å². The van der Waals surface area contributed by atoms with Crippen LogP contribution in [0.4, 0.5) is 0 Å². The van der Waals surface area contributed by atoms with E-state index >= 15 is 0 Å². The van der Waals surface area contributed by atoms with Crippen molar-refractivity contribution in [2.75, 3.05) is 6.54 Å². The van der Waals surface area contributed by atoms with Crippen LogP contribution >= 0.6 is 0 Å². The van der Waals surface area contributed by atoms with E-state index in [2.05, 4.69) is 32.7 Å². The van der Waals surface area contributed by atoms with Gasteiger partial charge in [-0.15, -0.1) is 0 Å². The lowest BCUT2D eigenvalue weighted by Crippen LogP contribution is -2.33. The van der Waals surface area contributed by atoms with Crippen molar-refractivity contribution in [2.24, 2.45) is 0 Å². The van der Waals surface area contributed by atoms with E-state index in [0.29, 0.717) is 6.04 Å². The highest BCUT2D eigenvalue weighted by atomic mass is 16.3. The summed E-state index contributed by atoms with van der Waals surface area (Å²) in [7, 11) is 0. The lowest BCUT2D eigenvalue weighted by molar-refractivity contribution is 0.200. The molecular formula is C18H22N4O. The Bertz CT molecular complexity index is 786. The van der Waals surface area contributed by atoms with E-state index in [4.69, 9.17) is 4.42 Å². The van der Waals surface area contributed by atoms with Gasteiger partial charge in [0.1, 0.15) is 5.52 Å². The van der Waals surface area contributed by atoms with Gasteiger partial charge in [0.25, 0.3) is 0 Å². The van der Waals surface area contributed by atoms with Crippen LogP contribution in [0, 0.1) is 13.8 Å². The van der Waals surface area contributed by atoms with E-state index in [0.717, 1.165) is 42.3 Å². The number of benzene rings is 1. The molecular weight excluding hydrogens is 288 g/mol. The maximum Gasteiger partial charge on any atom is 0.209 e. The first kappa shape index (κ1) is 14.5. The molecule has 5 nitrogen and oxygen atoms in total. The molecule has 1 aliphatic heterocycles. The summed E-state index contributed by atoms with van der Waals surface area (Å²) in [6, 6.07) is 10.6. The van der Waals surface area contributed by atoms with Crippen LogP contribution in [0.3, 0.4) is 0 Å². The van der Waals surface area contributed by atoms with Gasteiger partial charge in [-0.3, -0.25) is 9.58 Å². The minimum Gasteiger partial charge on any atom is -0.439 e. The molecule has 1 aliphatic rings. The quantitative estimate of drug-likeness (QED) is 0.742. The third-order valence-electron chi connectivity index (χ3n) is 4.66. The topological polar surface area (TPSA) is 47.1 Å². The molecule has 0 aliphatic carbocycles. The zero-order chi connectivity index (χ0) is 15.8. The van der Waals surface area contributed by atoms with Gasteiger partial charge in [0.15, 0.2) is 5.58 Å². The third kappa shape index (κ3) is 2.88. The van der Waals surface area contributed by atoms with Crippen LogP contribution in [0.15, 0.2) is 34.7 Å². The Kier molecular flexibility index (Phi) is 3.65. The zero-order valence-electron chi connectivity index (χ0n) is 13.7. The molecule has 0 spiro atoms. The largest absolute Gasteiger partial charge is 0.439 e. The van der Waals surface area contributed by atoms with Gasteiger partial charge in [-0.25, -0.2) is 4.98 Å². The zero-order valence-corrected chi connectivity index (χ0v) is 13.7. The van der Waals surface area contributed by atoms with Crippen molar-refractivity contribution in [1.82, 2.24) is 19.7 Å². The molecule has 4 rings (SSSR count). The van der Waals surface area contributed by atoms with Crippen molar-refractivity contribution in [3.63, 3.8) is 0 Å². The summed E-state index contributed by atoms with van der Waals surface area (Å²) in [5.41, 5.74) is 4.13. The Hall–Kier alpha value is -2.14. The van der Waals surface area contributed by atoms with Gasteiger partial charge >= 0.3 is 0 Å². The number of hydrogen-bond acceptors (Lipinski definition) is 4. The Labute approximate surface area is 135 Å². The van der Waals surface area contributed by atoms with Gasteiger partial charge in [-0.05, 0) is 51.4 Å². The predicted molar refractivity (Wildman–Crippen MR) is 89.1 cm³/mol. The molecule has 23 heavy (non-hydrogen) atoms. The first-order valence-corrected chi connectivity index (χ1v) is 8.28. The molecule has 0 amide bonds. The van der Waals surface area contributed by atoms with E-state index in [-0.39, 0.29) is 0 Å². The molecule has 0 saturated carbocycles. The van der Waals surface area contributed by atoms with Crippen molar-refractivity contribution in [1.29, 1.82) is 0 Å². The molecule has 0 N–H and O–H groups in total. The number of hydrogen-bond donors (Lipinski definition) is 0. The van der Waals surface area contributed by atoms with Gasteiger partial charge in [-0.1, -0.05) is 12.1 Å². The van der Waals surface area contributed by atoms with E-state index in [1.807, 2.05) is 31.2 Å². The summed E-state index contributed by atoms with van der Waals surface area (Å²) < 4.78 is 8.01. The highest BCUT2D eigenvalue weighted by Gasteiger charge is 2.27. The second kappa shape index (κ2) is 5.81. The maximum atomic E-state index is 5.88. The van der Waals surface area contributed by atoms with Crippen molar-refractivity contribution in [3.05, 3.63) is 47.6 Å². The predicted octanol–water partition coefficient (Wildman–Crippen LogP) is 3.31. The molecule has 0 radical (unpaired) electrons. The number of likely N-dealkylation sites (tertiary alicyclic amines) is 1. The third-order valence-corrected chi connectivity index (χ3v) is 4.66. The van der Waals surface area contributed by atoms with Crippen LogP contribution in [0.1, 0.15) is 30.1 Å². The SMILES string of the molecule is Cc1cc(C)n(C[C@@H]2CCCN2Cc2nc3ccccc3o2)n1. The highest BCUT2D eigenvalue weighted by Crippen LogP contribution is 2.23. The van der Waals surface area contributed by atoms with Crippen LogP contribution in [-0.4, -0.2) is 32.3 Å². The molecule has 120 valence electrons. The fourth-order valence-electron chi connectivity index (χ4n) is 3.53. The van der Waals surface area contributed by atoms with E-state index < -0.39 is 0 Å². The van der Waals surface area contributed by atoms with Crippen molar-refractivity contribution in [2.45, 2.75) is 45.8 Å². The number of aromatic nitrogens is 3. The summed E-state index contributed by atoms with van der Waals surface area (Å²) in [5, 5.41) is 4.60. The minimum atomic E-state index is 0.503. The van der Waals surface area contributed by atoms with E-state index in [9.17, 15) is 0 Å². The Balaban J connectivity index is 1.50. The van der Waals surface area contributed by atoms with Crippen LogP contribution in [0.5, 0.6) is 0 Å². The first-order valence-electron chi connectivity index (χ1n) is 8.28. The summed E-state index contributed by atoms with van der Waals surface area (Å²) in [5.74, 6) is 0.812. The summed E-state index contributed by atoms with van der Waals surface area (Å²) >= 11 is 0. The molecule has 1 saturated heterocycles. The molecule has 1 aromatic carbocycles. The summed E-state index contributed by atoms with van der Waals surface area (Å²) in [4.78, 5) is 7.08.